The number of hydrogen-bond donors (Lipinski definition) is 0. The van der Waals surface area contributed by atoms with Gasteiger partial charge in [-0.15, -0.1) is 5.10 Å². The van der Waals surface area contributed by atoms with E-state index in [9.17, 15) is 8.42 Å². The molecule has 0 spiro atoms. The molecular formula is C14H20N6O2S. The van der Waals surface area contributed by atoms with Gasteiger partial charge < -0.3 is 4.57 Å². The average molecular weight is 336 g/mol. The summed E-state index contributed by atoms with van der Waals surface area (Å²) >= 11 is 0. The van der Waals surface area contributed by atoms with Crippen molar-refractivity contribution in [2.75, 3.05) is 13.1 Å². The van der Waals surface area contributed by atoms with Gasteiger partial charge >= 0.3 is 0 Å². The van der Waals surface area contributed by atoms with Gasteiger partial charge in [0.15, 0.2) is 5.03 Å². The molecule has 0 radical (unpaired) electrons. The van der Waals surface area contributed by atoms with Crippen molar-refractivity contribution < 1.29 is 8.42 Å². The summed E-state index contributed by atoms with van der Waals surface area (Å²) in [6.45, 7) is 2.70. The van der Waals surface area contributed by atoms with E-state index >= 15 is 0 Å². The van der Waals surface area contributed by atoms with Crippen molar-refractivity contribution in [1.82, 2.24) is 28.9 Å². The van der Waals surface area contributed by atoms with Gasteiger partial charge in [0.2, 0.25) is 0 Å². The molecule has 2 aromatic rings. The summed E-state index contributed by atoms with van der Waals surface area (Å²) in [4.78, 5) is 4.16. The van der Waals surface area contributed by atoms with Crippen LogP contribution in [0, 0.1) is 6.92 Å². The van der Waals surface area contributed by atoms with Gasteiger partial charge in [0.05, 0.1) is 11.7 Å². The molecule has 23 heavy (non-hydrogen) atoms. The maximum atomic E-state index is 12.7. The molecule has 3 heterocycles. The van der Waals surface area contributed by atoms with E-state index in [1.54, 1.807) is 24.7 Å². The fourth-order valence-corrected chi connectivity index (χ4v) is 4.48. The van der Waals surface area contributed by atoms with Crippen LogP contribution in [-0.4, -0.2) is 50.4 Å². The van der Waals surface area contributed by atoms with Crippen LogP contribution in [0.15, 0.2) is 17.4 Å². The summed E-state index contributed by atoms with van der Waals surface area (Å²) in [5, 5.41) is 8.53. The molecule has 2 aliphatic rings. The number of imidazole rings is 1. The second kappa shape index (κ2) is 5.13. The summed E-state index contributed by atoms with van der Waals surface area (Å²) < 4.78 is 30.5. The lowest BCUT2D eigenvalue weighted by atomic mass is 10.2. The predicted molar refractivity (Wildman–Crippen MR) is 82.4 cm³/mol. The topological polar surface area (TPSA) is 85.9 Å². The van der Waals surface area contributed by atoms with Crippen molar-refractivity contribution in [3.05, 3.63) is 23.9 Å². The van der Waals surface area contributed by atoms with Crippen LogP contribution in [0.1, 0.15) is 42.7 Å². The Labute approximate surface area is 135 Å². The minimum Gasteiger partial charge on any atom is -0.337 e. The van der Waals surface area contributed by atoms with E-state index in [-0.39, 0.29) is 11.1 Å². The van der Waals surface area contributed by atoms with Crippen molar-refractivity contribution in [3.8, 4) is 0 Å². The van der Waals surface area contributed by atoms with Crippen molar-refractivity contribution in [1.29, 1.82) is 0 Å². The first-order valence-corrected chi connectivity index (χ1v) is 9.31. The first-order valence-electron chi connectivity index (χ1n) is 7.87. The number of nitrogens with zero attached hydrogens (tertiary/aromatic N) is 6. The summed E-state index contributed by atoms with van der Waals surface area (Å²) in [7, 11) is -1.74. The fraction of sp³-hybridized carbons (Fsp3) is 0.643. The van der Waals surface area contributed by atoms with Crippen LogP contribution in [0.25, 0.3) is 0 Å². The van der Waals surface area contributed by atoms with Gasteiger partial charge in [0.1, 0.15) is 5.82 Å². The van der Waals surface area contributed by atoms with Crippen molar-refractivity contribution in [3.63, 3.8) is 0 Å². The third-order valence-corrected chi connectivity index (χ3v) is 6.45. The van der Waals surface area contributed by atoms with Gasteiger partial charge in [-0.25, -0.2) is 18.1 Å². The zero-order valence-corrected chi connectivity index (χ0v) is 14.1. The maximum absolute atomic E-state index is 12.7. The molecule has 1 saturated carbocycles. The molecule has 0 bridgehead atoms. The van der Waals surface area contributed by atoms with Gasteiger partial charge in [-0.1, -0.05) is 5.21 Å². The Kier molecular flexibility index (Phi) is 3.31. The lowest BCUT2D eigenvalue weighted by molar-refractivity contribution is 0.427. The number of sulfonamides is 1. The van der Waals surface area contributed by atoms with Crippen LogP contribution in [0.5, 0.6) is 0 Å². The van der Waals surface area contributed by atoms with Crippen LogP contribution in [0.3, 0.4) is 0 Å². The summed E-state index contributed by atoms with van der Waals surface area (Å²) in [6, 6.07) is 0.0505. The monoisotopic (exact) mass is 336 g/mol. The lowest BCUT2D eigenvalue weighted by Gasteiger charge is -2.14. The lowest BCUT2D eigenvalue weighted by Crippen LogP contribution is -2.29. The Morgan fingerprint density at radius 2 is 2.00 bits per heavy atom. The molecular weight excluding hydrogens is 316 g/mol. The molecule has 1 aliphatic heterocycles. The van der Waals surface area contributed by atoms with Crippen LogP contribution in [0.2, 0.25) is 0 Å². The number of rotatable bonds is 4. The van der Waals surface area contributed by atoms with E-state index < -0.39 is 10.0 Å². The first kappa shape index (κ1) is 14.8. The molecule has 0 N–H and O–H groups in total. The Morgan fingerprint density at radius 3 is 2.65 bits per heavy atom. The van der Waals surface area contributed by atoms with Crippen molar-refractivity contribution in [2.24, 2.45) is 7.05 Å². The molecule has 8 nitrogen and oxygen atoms in total. The molecule has 1 aliphatic carbocycles. The van der Waals surface area contributed by atoms with Crippen LogP contribution in [0.4, 0.5) is 0 Å². The highest BCUT2D eigenvalue weighted by Gasteiger charge is 2.36. The van der Waals surface area contributed by atoms with Crippen molar-refractivity contribution in [2.45, 2.75) is 43.2 Å². The minimum absolute atomic E-state index is 0.0505. The maximum Gasteiger partial charge on any atom is 0.262 e. The largest absolute Gasteiger partial charge is 0.337 e. The molecule has 1 atom stereocenters. The third-order valence-electron chi connectivity index (χ3n) is 4.71. The zero-order valence-electron chi connectivity index (χ0n) is 13.3. The summed E-state index contributed by atoms with van der Waals surface area (Å²) in [5.41, 5.74) is 1.03. The van der Waals surface area contributed by atoms with E-state index in [1.807, 2.05) is 10.9 Å². The van der Waals surface area contributed by atoms with E-state index in [1.165, 1.54) is 17.1 Å². The van der Waals surface area contributed by atoms with Crippen molar-refractivity contribution >= 4 is 10.0 Å². The highest BCUT2D eigenvalue weighted by Crippen LogP contribution is 2.39. The number of aryl methyl sites for hydroxylation is 2. The van der Waals surface area contributed by atoms with Crippen LogP contribution in [-0.2, 0) is 17.1 Å². The van der Waals surface area contributed by atoms with Gasteiger partial charge in [-0.2, -0.15) is 4.31 Å². The van der Waals surface area contributed by atoms with E-state index in [0.29, 0.717) is 24.8 Å². The predicted octanol–water partition coefficient (Wildman–Crippen LogP) is 0.833. The average Bonchev–Trinajstić information content (AvgIpc) is 2.93. The molecule has 0 amide bonds. The van der Waals surface area contributed by atoms with E-state index in [4.69, 9.17) is 0 Å². The number of aromatic nitrogens is 5. The third kappa shape index (κ3) is 2.57. The highest BCUT2D eigenvalue weighted by atomic mass is 32.2. The normalized spacial score (nSPS) is 22.8. The standard InChI is InChI=1S/C14H20N6O2S/c1-10-15-14(9-18(10)2)23(21,22)19-6-5-12(7-19)20-8-13(16-17-20)11-3-4-11/h8-9,11-12H,3-7H2,1-2H3/t12-/m0/s1. The highest BCUT2D eigenvalue weighted by molar-refractivity contribution is 7.89. The zero-order chi connectivity index (χ0) is 16.2. The second-order valence-electron chi connectivity index (χ2n) is 6.44. The van der Waals surface area contributed by atoms with Gasteiger partial charge in [0.25, 0.3) is 10.0 Å². The SMILES string of the molecule is Cc1nc(S(=O)(=O)N2CC[C@H](n3cc(C4CC4)nn3)C2)cn1C. The van der Waals surface area contributed by atoms with Gasteiger partial charge in [0, 0.05) is 38.4 Å². The Balaban J connectivity index is 1.52. The molecule has 2 aromatic heterocycles. The minimum atomic E-state index is -3.54. The Bertz CT molecular complexity index is 816. The molecule has 124 valence electrons. The molecule has 0 aromatic carbocycles. The molecule has 0 unspecified atom stereocenters. The second-order valence-corrected chi connectivity index (χ2v) is 8.33. The molecule has 2 fully saturated rings. The molecule has 4 rings (SSSR count). The van der Waals surface area contributed by atoms with E-state index in [0.717, 1.165) is 12.1 Å². The molecule has 1 saturated heterocycles. The van der Waals surface area contributed by atoms with Crippen LogP contribution >= 0.6 is 0 Å². The number of hydrogen-bond acceptors (Lipinski definition) is 5. The van der Waals surface area contributed by atoms with E-state index in [2.05, 4.69) is 15.3 Å². The Hall–Kier alpha value is -1.74. The fourth-order valence-electron chi connectivity index (χ4n) is 2.96. The summed E-state index contributed by atoms with van der Waals surface area (Å²) in [5.74, 6) is 1.24. The van der Waals surface area contributed by atoms with Gasteiger partial charge in [-0.3, -0.25) is 0 Å². The smallest absolute Gasteiger partial charge is 0.262 e. The van der Waals surface area contributed by atoms with Gasteiger partial charge in [-0.05, 0) is 26.2 Å². The Morgan fingerprint density at radius 1 is 1.22 bits per heavy atom. The first-order chi connectivity index (χ1) is 10.9. The quantitative estimate of drug-likeness (QED) is 0.825. The summed E-state index contributed by atoms with van der Waals surface area (Å²) in [6.07, 6.45) is 6.66. The van der Waals surface area contributed by atoms with Crippen LogP contribution < -0.4 is 0 Å². The molecule has 9 heteroatoms.